The summed E-state index contributed by atoms with van der Waals surface area (Å²) in [6, 6.07) is 8.13. The van der Waals surface area contributed by atoms with Gasteiger partial charge in [0, 0.05) is 45.8 Å². The Balaban J connectivity index is 1.47. The Labute approximate surface area is 179 Å². The van der Waals surface area contributed by atoms with Gasteiger partial charge in [-0.3, -0.25) is 4.99 Å². The number of benzene rings is 1. The summed E-state index contributed by atoms with van der Waals surface area (Å²) in [6.45, 7) is 10.8. The van der Waals surface area contributed by atoms with Crippen molar-refractivity contribution in [1.29, 1.82) is 0 Å². The molecule has 8 nitrogen and oxygen atoms in total. The van der Waals surface area contributed by atoms with E-state index in [-0.39, 0.29) is 6.09 Å². The summed E-state index contributed by atoms with van der Waals surface area (Å²) < 4.78 is 10.9. The second kappa shape index (κ2) is 9.45. The highest BCUT2D eigenvalue weighted by molar-refractivity contribution is 5.78. The highest BCUT2D eigenvalue weighted by Gasteiger charge is 2.27. The lowest BCUT2D eigenvalue weighted by atomic mass is 10.1. The van der Waals surface area contributed by atoms with E-state index in [1.807, 2.05) is 43.9 Å². The predicted molar refractivity (Wildman–Crippen MR) is 119 cm³/mol. The molecule has 166 valence electrons. The number of rotatable bonds is 4. The lowest BCUT2D eigenvalue weighted by molar-refractivity contribution is 0.0186. The highest BCUT2D eigenvalue weighted by Crippen LogP contribution is 2.32. The quantitative estimate of drug-likeness (QED) is 0.598. The van der Waals surface area contributed by atoms with E-state index in [0.717, 1.165) is 30.9 Å². The van der Waals surface area contributed by atoms with Crippen LogP contribution in [0.1, 0.15) is 27.2 Å². The summed E-state index contributed by atoms with van der Waals surface area (Å²) in [5, 5.41) is 0. The maximum Gasteiger partial charge on any atom is 0.410 e. The number of piperazine rings is 1. The second-order valence-electron chi connectivity index (χ2n) is 8.93. The number of aliphatic imine (C=N–C) groups is 1. The zero-order valence-electron chi connectivity index (χ0n) is 18.6. The smallest absolute Gasteiger partial charge is 0.410 e. The van der Waals surface area contributed by atoms with Crippen LogP contribution < -0.4 is 15.4 Å². The Bertz CT molecular complexity index is 753. The van der Waals surface area contributed by atoms with Crippen molar-refractivity contribution in [2.45, 2.75) is 32.8 Å². The number of nitrogens with zero attached hydrogens (tertiary/aromatic N) is 4. The number of carbonyl (C=O) groups is 1. The van der Waals surface area contributed by atoms with E-state index in [1.165, 1.54) is 0 Å². The fourth-order valence-corrected chi connectivity index (χ4v) is 3.86. The molecule has 1 aromatic rings. The van der Waals surface area contributed by atoms with Crippen molar-refractivity contribution in [3.8, 4) is 5.75 Å². The lowest BCUT2D eigenvalue weighted by Crippen LogP contribution is -2.53. The number of hydrogen-bond donors (Lipinski definition) is 1. The van der Waals surface area contributed by atoms with E-state index in [9.17, 15) is 4.79 Å². The summed E-state index contributed by atoms with van der Waals surface area (Å²) in [6.07, 6.45) is 0.821. The lowest BCUT2D eigenvalue weighted by Gasteiger charge is -2.36. The summed E-state index contributed by atoms with van der Waals surface area (Å²) in [5.74, 6) is 1.94. The molecule has 1 atom stereocenters. The summed E-state index contributed by atoms with van der Waals surface area (Å²) in [4.78, 5) is 23.0. The molecule has 2 N–H and O–H groups in total. The van der Waals surface area contributed by atoms with Gasteiger partial charge in [0.25, 0.3) is 0 Å². The third kappa shape index (κ3) is 5.70. The molecule has 2 aliphatic rings. The molecule has 2 heterocycles. The minimum Gasteiger partial charge on any atom is -0.495 e. The Morgan fingerprint density at radius 1 is 1.13 bits per heavy atom. The topological polar surface area (TPSA) is 83.6 Å². The molecule has 0 aliphatic carbocycles. The van der Waals surface area contributed by atoms with Crippen molar-refractivity contribution in [2.75, 3.05) is 57.8 Å². The van der Waals surface area contributed by atoms with Crippen LogP contribution in [0.25, 0.3) is 0 Å². The van der Waals surface area contributed by atoms with Gasteiger partial charge in [0.15, 0.2) is 5.96 Å². The Morgan fingerprint density at radius 2 is 1.80 bits per heavy atom. The number of para-hydroxylation sites is 2. The normalized spacial score (nSPS) is 20.5. The van der Waals surface area contributed by atoms with Crippen LogP contribution in [0.3, 0.4) is 0 Å². The molecule has 1 amide bonds. The van der Waals surface area contributed by atoms with Crippen LogP contribution in [0.15, 0.2) is 29.3 Å². The molecule has 0 spiro atoms. The molecule has 0 bridgehead atoms. The van der Waals surface area contributed by atoms with Gasteiger partial charge >= 0.3 is 6.09 Å². The maximum atomic E-state index is 12.2. The van der Waals surface area contributed by atoms with Gasteiger partial charge in [0.05, 0.1) is 12.8 Å². The molecule has 8 heteroatoms. The zero-order valence-corrected chi connectivity index (χ0v) is 18.6. The van der Waals surface area contributed by atoms with Crippen molar-refractivity contribution in [3.63, 3.8) is 0 Å². The first-order valence-corrected chi connectivity index (χ1v) is 10.7. The van der Waals surface area contributed by atoms with Crippen molar-refractivity contribution < 1.29 is 14.3 Å². The van der Waals surface area contributed by atoms with Crippen LogP contribution in [-0.4, -0.2) is 80.4 Å². The van der Waals surface area contributed by atoms with Crippen LogP contribution in [0.2, 0.25) is 0 Å². The average molecular weight is 418 g/mol. The van der Waals surface area contributed by atoms with Gasteiger partial charge in [-0.15, -0.1) is 0 Å². The molecule has 0 aromatic heterocycles. The van der Waals surface area contributed by atoms with E-state index in [2.05, 4.69) is 16.0 Å². The molecule has 1 unspecified atom stereocenters. The third-order valence-electron chi connectivity index (χ3n) is 5.48. The van der Waals surface area contributed by atoms with Crippen LogP contribution in [0, 0.1) is 5.92 Å². The molecule has 2 fully saturated rings. The SMILES string of the molecule is COc1ccccc1N1CCC(CN=C(N)N2CCN(C(=O)OC(C)(C)C)CC2)C1. The first-order valence-electron chi connectivity index (χ1n) is 10.7. The predicted octanol–water partition coefficient (Wildman–Crippen LogP) is 2.39. The van der Waals surface area contributed by atoms with Crippen LogP contribution in [-0.2, 0) is 4.74 Å². The molecule has 3 rings (SSSR count). The van der Waals surface area contributed by atoms with Gasteiger partial charge in [0.1, 0.15) is 11.4 Å². The summed E-state index contributed by atoms with van der Waals surface area (Å²) in [5.41, 5.74) is 6.91. The van der Waals surface area contributed by atoms with Gasteiger partial charge in [-0.25, -0.2) is 4.79 Å². The van der Waals surface area contributed by atoms with Gasteiger partial charge in [-0.1, -0.05) is 12.1 Å². The fourth-order valence-electron chi connectivity index (χ4n) is 3.86. The van der Waals surface area contributed by atoms with Gasteiger partial charge in [-0.05, 0) is 45.2 Å². The van der Waals surface area contributed by atoms with Crippen molar-refractivity contribution in [1.82, 2.24) is 9.80 Å². The maximum absolute atomic E-state index is 12.2. The van der Waals surface area contributed by atoms with Gasteiger partial charge < -0.3 is 29.9 Å². The Hall–Kier alpha value is -2.64. The molecule has 30 heavy (non-hydrogen) atoms. The van der Waals surface area contributed by atoms with E-state index in [4.69, 9.17) is 15.2 Å². The minimum absolute atomic E-state index is 0.264. The van der Waals surface area contributed by atoms with E-state index in [0.29, 0.717) is 44.6 Å². The van der Waals surface area contributed by atoms with Crippen LogP contribution >= 0.6 is 0 Å². The van der Waals surface area contributed by atoms with Gasteiger partial charge in [0.2, 0.25) is 0 Å². The average Bonchev–Trinajstić information content (AvgIpc) is 3.19. The summed E-state index contributed by atoms with van der Waals surface area (Å²) in [7, 11) is 1.71. The number of amides is 1. The number of methoxy groups -OCH3 is 1. The number of hydrogen-bond acceptors (Lipinski definition) is 5. The first-order chi connectivity index (χ1) is 14.3. The molecule has 1 aromatic carbocycles. The molecule has 0 radical (unpaired) electrons. The van der Waals surface area contributed by atoms with E-state index >= 15 is 0 Å². The number of ether oxygens (including phenoxy) is 2. The van der Waals surface area contributed by atoms with Crippen molar-refractivity contribution in [3.05, 3.63) is 24.3 Å². The Morgan fingerprint density at radius 3 is 2.47 bits per heavy atom. The monoisotopic (exact) mass is 417 g/mol. The fraction of sp³-hybridized carbons (Fsp3) is 0.636. The number of nitrogens with two attached hydrogens (primary N) is 1. The number of anilines is 1. The molecular formula is C22H35N5O3. The molecular weight excluding hydrogens is 382 g/mol. The highest BCUT2D eigenvalue weighted by atomic mass is 16.6. The molecule has 2 aliphatic heterocycles. The minimum atomic E-state index is -0.479. The summed E-state index contributed by atoms with van der Waals surface area (Å²) >= 11 is 0. The van der Waals surface area contributed by atoms with Crippen LogP contribution in [0.4, 0.5) is 10.5 Å². The zero-order chi connectivity index (χ0) is 21.7. The van der Waals surface area contributed by atoms with Crippen LogP contribution in [0.5, 0.6) is 5.75 Å². The van der Waals surface area contributed by atoms with Crippen molar-refractivity contribution >= 4 is 17.7 Å². The second-order valence-corrected chi connectivity index (χ2v) is 8.93. The molecule has 2 saturated heterocycles. The number of carbonyl (C=O) groups excluding carboxylic acids is 1. The standard InChI is InChI=1S/C22H35N5O3/c1-22(2,3)30-21(28)26-13-11-25(12-14-26)20(23)24-15-17-9-10-27(16-17)18-7-5-6-8-19(18)29-4/h5-8,17H,9-16H2,1-4H3,(H2,23,24). The van der Waals surface area contributed by atoms with Crippen molar-refractivity contribution in [2.24, 2.45) is 16.6 Å². The molecule has 0 saturated carbocycles. The largest absolute Gasteiger partial charge is 0.495 e. The van der Waals surface area contributed by atoms with Gasteiger partial charge in [-0.2, -0.15) is 0 Å². The van der Waals surface area contributed by atoms with E-state index in [1.54, 1.807) is 12.0 Å². The first kappa shape index (κ1) is 22.1. The number of guanidine groups is 1. The third-order valence-corrected chi connectivity index (χ3v) is 5.48. The van der Waals surface area contributed by atoms with E-state index < -0.39 is 5.60 Å². The Kier molecular flexibility index (Phi) is 6.95.